The summed E-state index contributed by atoms with van der Waals surface area (Å²) in [5.41, 5.74) is 0. The van der Waals surface area contributed by atoms with E-state index in [9.17, 15) is 4.79 Å². The van der Waals surface area contributed by atoms with E-state index in [1.54, 1.807) is 7.05 Å². The van der Waals surface area contributed by atoms with Crippen LogP contribution in [0.4, 0.5) is 0 Å². The van der Waals surface area contributed by atoms with Gasteiger partial charge in [0, 0.05) is 33.6 Å². The highest BCUT2D eigenvalue weighted by atomic mass is 127. The predicted molar refractivity (Wildman–Crippen MR) is 104 cm³/mol. The minimum atomic E-state index is -0.143. The molecule has 0 aromatic carbocycles. The molecule has 0 saturated carbocycles. The van der Waals surface area contributed by atoms with Crippen LogP contribution in [0.3, 0.4) is 0 Å². The Morgan fingerprint density at radius 2 is 2.00 bits per heavy atom. The number of esters is 1. The molecule has 0 unspecified atom stereocenters. The number of carbonyl (C=O) groups is 1. The Hall–Kier alpha value is -0.790. The van der Waals surface area contributed by atoms with E-state index >= 15 is 0 Å². The van der Waals surface area contributed by atoms with Crippen LogP contribution < -0.4 is 5.32 Å². The quantitative estimate of drug-likeness (QED) is 0.138. The molecule has 0 bridgehead atoms. The number of aliphatic imine (C=N–C) groups is 1. The minimum Gasteiger partial charge on any atom is -0.469 e. The summed E-state index contributed by atoms with van der Waals surface area (Å²) in [7, 11) is 5.27. The highest BCUT2D eigenvalue weighted by molar-refractivity contribution is 14.0. The molecule has 0 fully saturated rings. The van der Waals surface area contributed by atoms with Crippen LogP contribution in [0, 0.1) is 0 Å². The first kappa shape index (κ1) is 23.5. The zero-order valence-electron chi connectivity index (χ0n) is 14.3. The summed E-state index contributed by atoms with van der Waals surface area (Å²) in [6, 6.07) is 0. The van der Waals surface area contributed by atoms with Crippen LogP contribution in [0.25, 0.3) is 0 Å². The Labute approximate surface area is 152 Å². The summed E-state index contributed by atoms with van der Waals surface area (Å²) in [5.74, 6) is 0.771. The number of nitrogens with zero attached hydrogens (tertiary/aromatic N) is 2. The first-order valence-electron chi connectivity index (χ1n) is 7.75. The van der Waals surface area contributed by atoms with Crippen molar-refractivity contribution < 1.29 is 9.53 Å². The lowest BCUT2D eigenvalue weighted by Crippen LogP contribution is -2.39. The van der Waals surface area contributed by atoms with Crippen molar-refractivity contribution in [3.05, 3.63) is 12.7 Å². The molecular formula is C16H32IN3O2. The molecule has 0 amide bonds. The zero-order valence-corrected chi connectivity index (χ0v) is 16.6. The molecular weight excluding hydrogens is 393 g/mol. The van der Waals surface area contributed by atoms with Crippen molar-refractivity contribution in [2.45, 2.75) is 44.9 Å². The Morgan fingerprint density at radius 3 is 2.59 bits per heavy atom. The van der Waals surface area contributed by atoms with Gasteiger partial charge >= 0.3 is 5.97 Å². The molecule has 130 valence electrons. The Balaban J connectivity index is 0. The topological polar surface area (TPSA) is 53.9 Å². The number of nitrogens with one attached hydrogen (secondary N) is 1. The normalized spacial score (nSPS) is 10.6. The van der Waals surface area contributed by atoms with Gasteiger partial charge in [-0.3, -0.25) is 9.79 Å². The van der Waals surface area contributed by atoms with Crippen molar-refractivity contribution in [3.63, 3.8) is 0 Å². The lowest BCUT2D eigenvalue weighted by molar-refractivity contribution is -0.140. The van der Waals surface area contributed by atoms with E-state index in [4.69, 9.17) is 0 Å². The van der Waals surface area contributed by atoms with Gasteiger partial charge in [0.2, 0.25) is 0 Å². The Kier molecular flexibility index (Phi) is 17.7. The van der Waals surface area contributed by atoms with Crippen molar-refractivity contribution in [1.82, 2.24) is 10.2 Å². The van der Waals surface area contributed by atoms with Crippen LogP contribution in [-0.4, -0.2) is 51.1 Å². The predicted octanol–water partition coefficient (Wildman–Crippen LogP) is 3.20. The van der Waals surface area contributed by atoms with Gasteiger partial charge in [-0.1, -0.05) is 12.5 Å². The number of carbonyl (C=O) groups excluding carboxylic acids is 1. The summed E-state index contributed by atoms with van der Waals surface area (Å²) in [6.45, 7) is 5.55. The number of methoxy groups -OCH3 is 1. The molecule has 0 aromatic heterocycles. The van der Waals surface area contributed by atoms with Gasteiger partial charge < -0.3 is 15.0 Å². The fourth-order valence-electron chi connectivity index (χ4n) is 2.00. The zero-order chi connectivity index (χ0) is 15.9. The summed E-state index contributed by atoms with van der Waals surface area (Å²) < 4.78 is 4.61. The fourth-order valence-corrected chi connectivity index (χ4v) is 2.00. The van der Waals surface area contributed by atoms with Crippen LogP contribution in [0.5, 0.6) is 0 Å². The molecule has 5 nitrogen and oxygen atoms in total. The Morgan fingerprint density at radius 1 is 1.27 bits per heavy atom. The van der Waals surface area contributed by atoms with E-state index in [1.165, 1.54) is 20.0 Å². The van der Waals surface area contributed by atoms with E-state index in [-0.39, 0.29) is 29.9 Å². The SMILES string of the molecule is C=CCCCCCN(C)C(=NC)NCCCCC(=O)OC.I. The van der Waals surface area contributed by atoms with Gasteiger partial charge in [-0.15, -0.1) is 30.6 Å². The van der Waals surface area contributed by atoms with E-state index in [1.807, 2.05) is 6.08 Å². The molecule has 22 heavy (non-hydrogen) atoms. The summed E-state index contributed by atoms with van der Waals surface area (Å²) >= 11 is 0. The number of rotatable bonds is 11. The van der Waals surface area contributed by atoms with Crippen LogP contribution in [-0.2, 0) is 9.53 Å². The summed E-state index contributed by atoms with van der Waals surface area (Å²) in [5, 5.41) is 3.32. The van der Waals surface area contributed by atoms with E-state index in [0.29, 0.717) is 6.42 Å². The lowest BCUT2D eigenvalue weighted by atomic mass is 10.2. The van der Waals surface area contributed by atoms with Crippen LogP contribution in [0.15, 0.2) is 17.6 Å². The van der Waals surface area contributed by atoms with Gasteiger partial charge in [0.1, 0.15) is 0 Å². The van der Waals surface area contributed by atoms with Crippen molar-refractivity contribution in [1.29, 1.82) is 0 Å². The van der Waals surface area contributed by atoms with Gasteiger partial charge in [0.15, 0.2) is 5.96 Å². The first-order valence-corrected chi connectivity index (χ1v) is 7.75. The van der Waals surface area contributed by atoms with Gasteiger partial charge in [-0.05, 0) is 32.1 Å². The van der Waals surface area contributed by atoms with Crippen LogP contribution in [0.1, 0.15) is 44.9 Å². The van der Waals surface area contributed by atoms with E-state index in [0.717, 1.165) is 44.7 Å². The Bertz CT molecular complexity index is 323. The van der Waals surface area contributed by atoms with Crippen molar-refractivity contribution in [3.8, 4) is 0 Å². The van der Waals surface area contributed by atoms with E-state index < -0.39 is 0 Å². The number of allylic oxidation sites excluding steroid dienone is 1. The molecule has 0 rings (SSSR count). The molecule has 6 heteroatoms. The van der Waals surface area contributed by atoms with Crippen molar-refractivity contribution in [2.24, 2.45) is 4.99 Å². The molecule has 0 atom stereocenters. The molecule has 1 N–H and O–H groups in total. The minimum absolute atomic E-state index is 0. The van der Waals surface area contributed by atoms with Crippen LogP contribution >= 0.6 is 24.0 Å². The fraction of sp³-hybridized carbons (Fsp3) is 0.750. The standard InChI is InChI=1S/C16H31N3O2.HI/c1-5-6-7-8-11-14-19(3)16(17-2)18-13-10-9-12-15(20)21-4;/h5H,1,6-14H2,2-4H3,(H,17,18);1H. The monoisotopic (exact) mass is 425 g/mol. The lowest BCUT2D eigenvalue weighted by Gasteiger charge is -2.22. The third-order valence-corrected chi connectivity index (χ3v) is 3.29. The second-order valence-corrected chi connectivity index (χ2v) is 5.07. The molecule has 0 spiro atoms. The molecule has 0 heterocycles. The average Bonchev–Trinajstić information content (AvgIpc) is 2.50. The summed E-state index contributed by atoms with van der Waals surface area (Å²) in [4.78, 5) is 17.4. The number of unbranched alkanes of at least 4 members (excludes halogenated alkanes) is 4. The van der Waals surface area contributed by atoms with Crippen molar-refractivity contribution >= 4 is 35.9 Å². The maximum Gasteiger partial charge on any atom is 0.305 e. The van der Waals surface area contributed by atoms with Gasteiger partial charge in [0.05, 0.1) is 7.11 Å². The molecule has 0 radical (unpaired) electrons. The number of hydrogen-bond donors (Lipinski definition) is 1. The molecule has 0 aliphatic heterocycles. The average molecular weight is 425 g/mol. The largest absolute Gasteiger partial charge is 0.469 e. The third kappa shape index (κ3) is 12.9. The molecule has 0 aliphatic carbocycles. The van der Waals surface area contributed by atoms with Gasteiger partial charge in [-0.2, -0.15) is 0 Å². The third-order valence-electron chi connectivity index (χ3n) is 3.29. The summed E-state index contributed by atoms with van der Waals surface area (Å²) in [6.07, 6.45) is 8.89. The second-order valence-electron chi connectivity index (χ2n) is 5.07. The highest BCUT2D eigenvalue weighted by Gasteiger charge is 2.05. The van der Waals surface area contributed by atoms with Crippen molar-refractivity contribution in [2.75, 3.05) is 34.3 Å². The second kappa shape index (κ2) is 16.6. The number of halogens is 1. The number of ether oxygens (including phenoxy) is 1. The molecule has 0 saturated heterocycles. The van der Waals surface area contributed by atoms with Gasteiger partial charge in [-0.25, -0.2) is 0 Å². The van der Waals surface area contributed by atoms with Gasteiger partial charge in [0.25, 0.3) is 0 Å². The molecule has 0 aromatic rings. The smallest absolute Gasteiger partial charge is 0.305 e. The van der Waals surface area contributed by atoms with E-state index in [2.05, 4.69) is 33.6 Å². The maximum atomic E-state index is 11.0. The first-order chi connectivity index (χ1) is 10.2. The number of hydrogen-bond acceptors (Lipinski definition) is 3. The maximum absolute atomic E-state index is 11.0. The van der Waals surface area contributed by atoms with Crippen LogP contribution in [0.2, 0.25) is 0 Å². The highest BCUT2D eigenvalue weighted by Crippen LogP contribution is 2.02. The number of guanidine groups is 1. The molecule has 0 aliphatic rings.